The summed E-state index contributed by atoms with van der Waals surface area (Å²) in [6.07, 6.45) is 2.43. The van der Waals surface area contributed by atoms with Crippen molar-refractivity contribution in [3.8, 4) is 11.4 Å². The molecule has 5 nitrogen and oxygen atoms in total. The zero-order chi connectivity index (χ0) is 22.6. The van der Waals surface area contributed by atoms with E-state index in [1.165, 1.54) is 11.1 Å². The number of aryl methyl sites for hydroxylation is 1. The Balaban J connectivity index is 1.64. The highest BCUT2D eigenvalue weighted by Gasteiger charge is 2.26. The average Bonchev–Trinajstić information content (AvgIpc) is 2.82. The van der Waals surface area contributed by atoms with E-state index in [2.05, 4.69) is 59.7 Å². The maximum Gasteiger partial charge on any atom is 0.161 e. The van der Waals surface area contributed by atoms with Crippen LogP contribution >= 0.6 is 0 Å². The lowest BCUT2D eigenvalue weighted by molar-refractivity contribution is 0.0596. The van der Waals surface area contributed by atoms with Crippen molar-refractivity contribution in [3.05, 3.63) is 90.1 Å². The summed E-state index contributed by atoms with van der Waals surface area (Å²) in [6, 6.07) is 20.7. The van der Waals surface area contributed by atoms with Crippen LogP contribution < -0.4 is 4.90 Å². The van der Waals surface area contributed by atoms with Crippen LogP contribution in [0.25, 0.3) is 11.4 Å². The highest BCUT2D eigenvalue weighted by Crippen LogP contribution is 2.28. The van der Waals surface area contributed by atoms with E-state index in [9.17, 15) is 5.11 Å². The summed E-state index contributed by atoms with van der Waals surface area (Å²) in [6.45, 7) is 11.7. The lowest BCUT2D eigenvalue weighted by Gasteiger charge is -2.38. The Morgan fingerprint density at radius 1 is 0.969 bits per heavy atom. The van der Waals surface area contributed by atoms with Crippen LogP contribution in [0.15, 0.2) is 73.3 Å². The fourth-order valence-corrected chi connectivity index (χ4v) is 4.20. The number of piperazine rings is 1. The number of rotatable bonds is 7. The monoisotopic (exact) mass is 428 g/mol. The van der Waals surface area contributed by atoms with Gasteiger partial charge in [-0.3, -0.25) is 4.90 Å². The molecule has 1 aliphatic heterocycles. The van der Waals surface area contributed by atoms with Gasteiger partial charge in [-0.25, -0.2) is 9.97 Å². The zero-order valence-electron chi connectivity index (χ0n) is 19.0. The molecule has 1 saturated heterocycles. The lowest BCUT2D eigenvalue weighted by atomic mass is 10.0. The molecule has 1 fully saturated rings. The molecule has 0 spiro atoms. The molecule has 1 N–H and O–H groups in total. The number of β-amino-alcohol motifs (C(OH)–C–C–N with tert-alkyl or cyclic N) is 1. The van der Waals surface area contributed by atoms with Gasteiger partial charge >= 0.3 is 0 Å². The summed E-state index contributed by atoms with van der Waals surface area (Å²) in [5, 5.41) is 10.4. The van der Waals surface area contributed by atoms with Gasteiger partial charge in [0.15, 0.2) is 5.82 Å². The number of hydrogen-bond acceptors (Lipinski definition) is 5. The number of aromatic nitrogens is 2. The van der Waals surface area contributed by atoms with Crippen LogP contribution in [0.3, 0.4) is 0 Å². The summed E-state index contributed by atoms with van der Waals surface area (Å²) >= 11 is 0. The minimum atomic E-state index is -0.868. The van der Waals surface area contributed by atoms with Gasteiger partial charge in [0.2, 0.25) is 0 Å². The molecule has 0 aliphatic carbocycles. The molecule has 0 radical (unpaired) electrons. The summed E-state index contributed by atoms with van der Waals surface area (Å²) in [4.78, 5) is 14.6. The van der Waals surface area contributed by atoms with E-state index >= 15 is 0 Å². The predicted octanol–water partition coefficient (Wildman–Crippen LogP) is 4.10. The van der Waals surface area contributed by atoms with E-state index in [4.69, 9.17) is 9.97 Å². The minimum absolute atomic E-state index is 0.597. The van der Waals surface area contributed by atoms with Gasteiger partial charge in [-0.2, -0.15) is 0 Å². The third-order valence-electron chi connectivity index (χ3n) is 6.10. The second-order valence-electron chi connectivity index (χ2n) is 8.79. The van der Waals surface area contributed by atoms with Crippen LogP contribution in [0.5, 0.6) is 0 Å². The summed E-state index contributed by atoms with van der Waals surface area (Å²) in [5.74, 6) is 1.79. The van der Waals surface area contributed by atoms with Crippen LogP contribution in [-0.2, 0) is 6.42 Å². The molecule has 5 heteroatoms. The van der Waals surface area contributed by atoms with Gasteiger partial charge in [-0.05, 0) is 19.4 Å². The van der Waals surface area contributed by atoms with Gasteiger partial charge < -0.3 is 10.0 Å². The predicted molar refractivity (Wildman–Crippen MR) is 131 cm³/mol. The van der Waals surface area contributed by atoms with Crippen molar-refractivity contribution in [3.63, 3.8) is 0 Å². The second-order valence-corrected chi connectivity index (χ2v) is 8.79. The Morgan fingerprint density at radius 2 is 1.59 bits per heavy atom. The number of hydrogen-bond donors (Lipinski definition) is 1. The maximum atomic E-state index is 10.4. The van der Waals surface area contributed by atoms with Gasteiger partial charge in [0, 0.05) is 56.0 Å². The SMILES string of the molecule is C=C[C@@](C)(O)CN1CCN(c2nc(-c3ccccc3)nc(C)c2Cc2ccccc2)CC1. The van der Waals surface area contributed by atoms with Crippen LogP contribution in [0.2, 0.25) is 0 Å². The molecule has 32 heavy (non-hydrogen) atoms. The Morgan fingerprint density at radius 3 is 2.22 bits per heavy atom. The van der Waals surface area contributed by atoms with Crippen LogP contribution in [-0.4, -0.2) is 58.3 Å². The molecule has 1 aliphatic rings. The van der Waals surface area contributed by atoms with Crippen molar-refractivity contribution in [2.45, 2.75) is 25.9 Å². The molecule has 2 heterocycles. The van der Waals surface area contributed by atoms with Crippen molar-refractivity contribution in [1.82, 2.24) is 14.9 Å². The van der Waals surface area contributed by atoms with Crippen molar-refractivity contribution in [1.29, 1.82) is 0 Å². The van der Waals surface area contributed by atoms with Gasteiger partial charge in [0.25, 0.3) is 0 Å². The van der Waals surface area contributed by atoms with E-state index in [0.29, 0.717) is 6.54 Å². The van der Waals surface area contributed by atoms with Crippen LogP contribution in [0, 0.1) is 6.92 Å². The molecule has 166 valence electrons. The Kier molecular flexibility index (Phi) is 6.68. The van der Waals surface area contributed by atoms with Crippen molar-refractivity contribution in [2.75, 3.05) is 37.6 Å². The molecule has 2 aromatic carbocycles. The highest BCUT2D eigenvalue weighted by molar-refractivity contribution is 5.61. The van der Waals surface area contributed by atoms with E-state index in [0.717, 1.165) is 55.5 Å². The number of aliphatic hydroxyl groups is 1. The van der Waals surface area contributed by atoms with Gasteiger partial charge in [0.1, 0.15) is 5.82 Å². The average molecular weight is 429 g/mol. The molecule has 0 saturated carbocycles. The Labute approximate surface area is 191 Å². The first-order chi connectivity index (χ1) is 15.4. The van der Waals surface area contributed by atoms with Crippen molar-refractivity contribution >= 4 is 5.82 Å². The van der Waals surface area contributed by atoms with E-state index in [1.807, 2.05) is 31.2 Å². The molecule has 0 unspecified atom stereocenters. The fourth-order valence-electron chi connectivity index (χ4n) is 4.20. The van der Waals surface area contributed by atoms with Crippen molar-refractivity contribution < 1.29 is 5.11 Å². The Bertz CT molecular complexity index is 1040. The second kappa shape index (κ2) is 9.63. The quantitative estimate of drug-likeness (QED) is 0.574. The first kappa shape index (κ1) is 22.2. The van der Waals surface area contributed by atoms with Crippen LogP contribution in [0.4, 0.5) is 5.82 Å². The number of nitrogens with zero attached hydrogens (tertiary/aromatic N) is 4. The molecule has 0 amide bonds. The first-order valence-electron chi connectivity index (χ1n) is 11.3. The summed E-state index contributed by atoms with van der Waals surface area (Å²) < 4.78 is 0. The van der Waals surface area contributed by atoms with E-state index < -0.39 is 5.60 Å². The molecule has 1 aromatic heterocycles. The zero-order valence-corrected chi connectivity index (χ0v) is 19.0. The third kappa shape index (κ3) is 5.23. The fraction of sp³-hybridized carbons (Fsp3) is 0.333. The number of benzene rings is 2. The van der Waals surface area contributed by atoms with Crippen LogP contribution in [0.1, 0.15) is 23.7 Å². The third-order valence-corrected chi connectivity index (χ3v) is 6.10. The molecule has 0 bridgehead atoms. The Hall–Kier alpha value is -3.02. The minimum Gasteiger partial charge on any atom is -0.385 e. The number of anilines is 1. The first-order valence-corrected chi connectivity index (χ1v) is 11.3. The molecule has 4 rings (SSSR count). The molecular weight excluding hydrogens is 396 g/mol. The van der Waals surface area contributed by atoms with E-state index in [-0.39, 0.29) is 0 Å². The maximum absolute atomic E-state index is 10.4. The van der Waals surface area contributed by atoms with E-state index in [1.54, 1.807) is 6.08 Å². The van der Waals surface area contributed by atoms with Gasteiger partial charge in [-0.1, -0.05) is 66.7 Å². The largest absolute Gasteiger partial charge is 0.385 e. The normalized spacial score (nSPS) is 16.5. The standard InChI is InChI=1S/C27H32N4O/c1-4-27(3,32)20-30-15-17-31(18-16-30)26-24(19-22-11-7-5-8-12-22)21(2)28-25(29-26)23-13-9-6-10-14-23/h4-14,32H,1,15-20H2,2-3H3/t27-/m1/s1. The lowest BCUT2D eigenvalue weighted by Crippen LogP contribution is -2.51. The van der Waals surface area contributed by atoms with Gasteiger partial charge in [-0.15, -0.1) is 6.58 Å². The molecule has 3 aromatic rings. The highest BCUT2D eigenvalue weighted by atomic mass is 16.3. The topological polar surface area (TPSA) is 52.5 Å². The molecular formula is C27H32N4O. The van der Waals surface area contributed by atoms with Gasteiger partial charge in [0.05, 0.1) is 5.60 Å². The summed E-state index contributed by atoms with van der Waals surface area (Å²) in [7, 11) is 0. The summed E-state index contributed by atoms with van der Waals surface area (Å²) in [5.41, 5.74) is 3.63. The van der Waals surface area contributed by atoms with Crippen molar-refractivity contribution in [2.24, 2.45) is 0 Å². The molecule has 1 atom stereocenters. The smallest absolute Gasteiger partial charge is 0.161 e.